The number of anilines is 1. The number of hydrogen-bond donors (Lipinski definition) is 2. The van der Waals surface area contributed by atoms with Gasteiger partial charge in [-0.05, 0) is 17.4 Å². The molecule has 0 aromatic carbocycles. The summed E-state index contributed by atoms with van der Waals surface area (Å²) in [5.74, 6) is 0.427. The molecule has 0 saturated carbocycles. The number of aromatic nitrogens is 1. The van der Waals surface area contributed by atoms with Crippen LogP contribution in [0.4, 0.5) is 5.69 Å². The first-order valence-electron chi connectivity index (χ1n) is 6.28. The number of amides is 1. The van der Waals surface area contributed by atoms with Crippen molar-refractivity contribution in [1.82, 2.24) is 10.3 Å². The van der Waals surface area contributed by atoms with Crippen LogP contribution in [0.5, 0.6) is 0 Å². The van der Waals surface area contributed by atoms with Crippen LogP contribution in [0.1, 0.15) is 38.1 Å². The average Bonchev–Trinajstić information content (AvgIpc) is 2.35. The van der Waals surface area contributed by atoms with E-state index in [0.29, 0.717) is 18.0 Å². The number of carbonyl (C=O) groups excluding carboxylic acids is 1. The molecule has 2 N–H and O–H groups in total. The lowest BCUT2D eigenvalue weighted by Gasteiger charge is -2.29. The van der Waals surface area contributed by atoms with Crippen LogP contribution in [0.2, 0.25) is 0 Å². The Morgan fingerprint density at radius 3 is 2.67 bits per heavy atom. The van der Waals surface area contributed by atoms with Crippen LogP contribution in [-0.4, -0.2) is 24.5 Å². The molecule has 1 aromatic rings. The van der Waals surface area contributed by atoms with Gasteiger partial charge < -0.3 is 10.6 Å². The van der Waals surface area contributed by atoms with Crippen LogP contribution >= 0.6 is 0 Å². The summed E-state index contributed by atoms with van der Waals surface area (Å²) in [6, 6.07) is 1.79. The average molecular weight is 249 g/mol. The molecule has 18 heavy (non-hydrogen) atoms. The van der Waals surface area contributed by atoms with E-state index in [2.05, 4.69) is 43.3 Å². The van der Waals surface area contributed by atoms with Crippen molar-refractivity contribution < 1.29 is 4.79 Å². The Kier molecular flexibility index (Phi) is 4.70. The molecule has 0 bridgehead atoms. The predicted molar refractivity (Wildman–Crippen MR) is 74.7 cm³/mol. The van der Waals surface area contributed by atoms with Gasteiger partial charge in [0.2, 0.25) is 0 Å². The van der Waals surface area contributed by atoms with E-state index in [9.17, 15) is 4.79 Å². The molecule has 0 aliphatic heterocycles. The van der Waals surface area contributed by atoms with E-state index in [1.807, 2.05) is 0 Å². The molecule has 4 heteroatoms. The fourth-order valence-corrected chi connectivity index (χ4v) is 1.40. The Bertz CT molecular complexity index is 413. The normalized spacial score (nSPS) is 11.4. The third kappa shape index (κ3) is 3.45. The first kappa shape index (κ1) is 14.5. The maximum absolute atomic E-state index is 12.1. The zero-order valence-corrected chi connectivity index (χ0v) is 11.9. The van der Waals surface area contributed by atoms with Crippen molar-refractivity contribution in [3.8, 4) is 0 Å². The summed E-state index contributed by atoms with van der Waals surface area (Å²) in [5, 5.41) is 5.97. The van der Waals surface area contributed by atoms with Crippen LogP contribution in [0, 0.1) is 11.3 Å². The van der Waals surface area contributed by atoms with Gasteiger partial charge in [0.15, 0.2) is 0 Å². The molecule has 1 amide bonds. The van der Waals surface area contributed by atoms with Gasteiger partial charge in [0.05, 0.1) is 5.56 Å². The molecule has 0 fully saturated rings. The fraction of sp³-hybridized carbons (Fsp3) is 0.571. The summed E-state index contributed by atoms with van der Waals surface area (Å²) < 4.78 is 0. The van der Waals surface area contributed by atoms with Gasteiger partial charge in [-0.2, -0.15) is 0 Å². The first-order chi connectivity index (χ1) is 8.38. The maximum Gasteiger partial charge on any atom is 0.254 e. The van der Waals surface area contributed by atoms with E-state index in [1.54, 1.807) is 25.5 Å². The number of carbonyl (C=O) groups is 1. The Morgan fingerprint density at radius 1 is 1.44 bits per heavy atom. The Hall–Kier alpha value is -1.58. The number of pyridine rings is 1. The van der Waals surface area contributed by atoms with Crippen LogP contribution in [0.15, 0.2) is 18.5 Å². The molecule has 0 aliphatic carbocycles. The summed E-state index contributed by atoms with van der Waals surface area (Å²) in [6.45, 7) is 9.28. The standard InChI is InChI=1S/C14H23N3O/c1-10(2)14(3,4)9-17-13(18)11-8-16-7-6-12(11)15-5/h6-8,10H,9H2,1-5H3,(H,15,16)(H,17,18). The van der Waals surface area contributed by atoms with Gasteiger partial charge in [0.1, 0.15) is 0 Å². The van der Waals surface area contributed by atoms with Gasteiger partial charge >= 0.3 is 0 Å². The molecule has 0 atom stereocenters. The van der Waals surface area contributed by atoms with Gasteiger partial charge in [0, 0.05) is 31.7 Å². The van der Waals surface area contributed by atoms with Crippen LogP contribution in [0.25, 0.3) is 0 Å². The third-order valence-electron chi connectivity index (χ3n) is 3.60. The van der Waals surface area contributed by atoms with Crippen molar-refractivity contribution in [2.75, 3.05) is 18.9 Å². The van der Waals surface area contributed by atoms with E-state index < -0.39 is 0 Å². The molecule has 0 unspecified atom stereocenters. The summed E-state index contributed by atoms with van der Waals surface area (Å²) in [6.07, 6.45) is 3.25. The second kappa shape index (κ2) is 5.85. The summed E-state index contributed by atoms with van der Waals surface area (Å²) in [7, 11) is 1.80. The van der Waals surface area contributed by atoms with Gasteiger partial charge in [-0.15, -0.1) is 0 Å². The highest BCUT2D eigenvalue weighted by Crippen LogP contribution is 2.25. The molecule has 4 nitrogen and oxygen atoms in total. The second-order valence-electron chi connectivity index (χ2n) is 5.50. The van der Waals surface area contributed by atoms with Crippen molar-refractivity contribution in [1.29, 1.82) is 0 Å². The van der Waals surface area contributed by atoms with E-state index in [1.165, 1.54) is 0 Å². The van der Waals surface area contributed by atoms with Crippen molar-refractivity contribution in [2.24, 2.45) is 11.3 Å². The molecule has 0 aliphatic rings. The first-order valence-corrected chi connectivity index (χ1v) is 6.28. The summed E-state index contributed by atoms with van der Waals surface area (Å²) >= 11 is 0. The summed E-state index contributed by atoms with van der Waals surface area (Å²) in [4.78, 5) is 16.1. The minimum Gasteiger partial charge on any atom is -0.387 e. The second-order valence-corrected chi connectivity index (χ2v) is 5.50. The smallest absolute Gasteiger partial charge is 0.254 e. The highest BCUT2D eigenvalue weighted by atomic mass is 16.1. The Balaban J connectivity index is 2.72. The van der Waals surface area contributed by atoms with Crippen molar-refractivity contribution in [3.63, 3.8) is 0 Å². The number of nitrogens with one attached hydrogen (secondary N) is 2. The Labute approximate surface area is 109 Å². The van der Waals surface area contributed by atoms with Crippen LogP contribution in [0.3, 0.4) is 0 Å². The van der Waals surface area contributed by atoms with Crippen molar-refractivity contribution in [3.05, 3.63) is 24.0 Å². The quantitative estimate of drug-likeness (QED) is 0.843. The zero-order valence-electron chi connectivity index (χ0n) is 11.9. The third-order valence-corrected chi connectivity index (χ3v) is 3.60. The number of nitrogens with zero attached hydrogens (tertiary/aromatic N) is 1. The molecular weight excluding hydrogens is 226 g/mol. The molecule has 1 heterocycles. The predicted octanol–water partition coefficient (Wildman–Crippen LogP) is 2.54. The monoisotopic (exact) mass is 249 g/mol. The topological polar surface area (TPSA) is 54.0 Å². The highest BCUT2D eigenvalue weighted by Gasteiger charge is 2.23. The van der Waals surface area contributed by atoms with Crippen LogP contribution < -0.4 is 10.6 Å². The highest BCUT2D eigenvalue weighted by molar-refractivity contribution is 5.99. The molecule has 100 valence electrons. The van der Waals surface area contributed by atoms with E-state index in [-0.39, 0.29) is 11.3 Å². The lowest BCUT2D eigenvalue weighted by molar-refractivity contribution is 0.0925. The van der Waals surface area contributed by atoms with E-state index >= 15 is 0 Å². The SMILES string of the molecule is CNc1ccncc1C(=O)NCC(C)(C)C(C)C. The van der Waals surface area contributed by atoms with E-state index in [4.69, 9.17) is 0 Å². The largest absolute Gasteiger partial charge is 0.387 e. The van der Waals surface area contributed by atoms with Gasteiger partial charge in [-0.1, -0.05) is 27.7 Å². The Morgan fingerprint density at radius 2 is 2.11 bits per heavy atom. The van der Waals surface area contributed by atoms with Gasteiger partial charge in [0.25, 0.3) is 5.91 Å². The van der Waals surface area contributed by atoms with Crippen molar-refractivity contribution >= 4 is 11.6 Å². The molecule has 0 radical (unpaired) electrons. The minimum absolute atomic E-state index is 0.0810. The lowest BCUT2D eigenvalue weighted by Crippen LogP contribution is -2.37. The molecule has 0 saturated heterocycles. The number of hydrogen-bond acceptors (Lipinski definition) is 3. The molecule has 1 rings (SSSR count). The van der Waals surface area contributed by atoms with Crippen LogP contribution in [-0.2, 0) is 0 Å². The van der Waals surface area contributed by atoms with Gasteiger partial charge in [-0.25, -0.2) is 0 Å². The van der Waals surface area contributed by atoms with Gasteiger partial charge in [-0.3, -0.25) is 9.78 Å². The maximum atomic E-state index is 12.1. The van der Waals surface area contributed by atoms with E-state index in [0.717, 1.165) is 5.69 Å². The molecular formula is C14H23N3O. The minimum atomic E-state index is -0.0822. The molecule has 0 spiro atoms. The molecule has 1 aromatic heterocycles. The van der Waals surface area contributed by atoms with Crippen molar-refractivity contribution in [2.45, 2.75) is 27.7 Å². The zero-order chi connectivity index (χ0) is 13.8. The lowest BCUT2D eigenvalue weighted by atomic mass is 9.81. The fourth-order valence-electron chi connectivity index (χ4n) is 1.40. The summed E-state index contributed by atoms with van der Waals surface area (Å²) in [5.41, 5.74) is 1.46. The number of rotatable bonds is 5.